The number of nitrogens with zero attached hydrogens (tertiary/aromatic N) is 1. The smallest absolute Gasteiger partial charge is 0.251 e. The molecule has 5 nitrogen and oxygen atoms in total. The van der Waals surface area contributed by atoms with E-state index in [2.05, 4.69) is 0 Å². The first-order valence-electron chi connectivity index (χ1n) is 5.79. The van der Waals surface area contributed by atoms with Crippen molar-refractivity contribution in [2.24, 2.45) is 0 Å². The lowest BCUT2D eigenvalue weighted by Crippen LogP contribution is -2.41. The van der Waals surface area contributed by atoms with E-state index in [-0.39, 0.29) is 18.6 Å². The molecular weight excluding hydrogens is 210 g/mol. The number of ether oxygens (including phenoxy) is 2. The molecule has 1 amide bonds. The van der Waals surface area contributed by atoms with Gasteiger partial charge in [0.1, 0.15) is 6.10 Å². The highest BCUT2D eigenvalue weighted by atomic mass is 16.5. The van der Waals surface area contributed by atoms with Gasteiger partial charge in [-0.1, -0.05) is 0 Å². The zero-order valence-corrected chi connectivity index (χ0v) is 9.85. The number of rotatable bonds is 7. The number of amides is 1. The summed E-state index contributed by atoms with van der Waals surface area (Å²) in [4.78, 5) is 13.6. The fraction of sp³-hybridized carbons (Fsp3) is 0.909. The fourth-order valence-electron chi connectivity index (χ4n) is 1.83. The van der Waals surface area contributed by atoms with Gasteiger partial charge < -0.3 is 19.5 Å². The first-order chi connectivity index (χ1) is 7.79. The molecule has 0 aromatic heterocycles. The van der Waals surface area contributed by atoms with E-state index in [1.807, 2.05) is 0 Å². The van der Waals surface area contributed by atoms with Crippen LogP contribution in [0.2, 0.25) is 0 Å². The number of aliphatic hydroxyl groups excluding tert-OH is 1. The molecule has 16 heavy (non-hydrogen) atoms. The Labute approximate surface area is 96.3 Å². The molecule has 94 valence electrons. The summed E-state index contributed by atoms with van der Waals surface area (Å²) in [5.74, 6) is 0.00246. The highest BCUT2D eigenvalue weighted by molar-refractivity contribution is 5.81. The Morgan fingerprint density at radius 3 is 2.94 bits per heavy atom. The van der Waals surface area contributed by atoms with Crippen molar-refractivity contribution in [2.75, 3.05) is 40.0 Å². The maximum atomic E-state index is 12.0. The monoisotopic (exact) mass is 231 g/mol. The second-order valence-corrected chi connectivity index (χ2v) is 3.90. The molecule has 1 aliphatic heterocycles. The van der Waals surface area contributed by atoms with Gasteiger partial charge in [0.2, 0.25) is 0 Å². The van der Waals surface area contributed by atoms with E-state index in [9.17, 15) is 4.79 Å². The van der Waals surface area contributed by atoms with Crippen LogP contribution in [0.25, 0.3) is 0 Å². The molecule has 1 N–H and O–H groups in total. The normalized spacial score (nSPS) is 20.0. The van der Waals surface area contributed by atoms with Gasteiger partial charge in [-0.3, -0.25) is 4.79 Å². The van der Waals surface area contributed by atoms with E-state index < -0.39 is 0 Å². The van der Waals surface area contributed by atoms with Crippen LogP contribution in [0.4, 0.5) is 0 Å². The van der Waals surface area contributed by atoms with Crippen molar-refractivity contribution in [1.82, 2.24) is 4.90 Å². The zero-order valence-electron chi connectivity index (χ0n) is 9.85. The Kier molecular flexibility index (Phi) is 6.37. The van der Waals surface area contributed by atoms with E-state index in [0.29, 0.717) is 26.3 Å². The molecule has 1 atom stereocenters. The van der Waals surface area contributed by atoms with E-state index >= 15 is 0 Å². The Balaban J connectivity index is 2.37. The number of methoxy groups -OCH3 is 1. The molecule has 0 aliphatic carbocycles. The van der Waals surface area contributed by atoms with E-state index in [0.717, 1.165) is 19.3 Å². The van der Waals surface area contributed by atoms with Gasteiger partial charge in [0.05, 0.1) is 6.61 Å². The summed E-state index contributed by atoms with van der Waals surface area (Å²) in [5, 5.41) is 8.92. The minimum atomic E-state index is -0.297. The van der Waals surface area contributed by atoms with Gasteiger partial charge >= 0.3 is 0 Å². The highest BCUT2D eigenvalue weighted by Gasteiger charge is 2.27. The SMILES string of the molecule is COCCCN(CCO)C(=O)C1CCCO1. The lowest BCUT2D eigenvalue weighted by Gasteiger charge is -2.24. The number of carbonyl (C=O) groups excluding carboxylic acids is 1. The Morgan fingerprint density at radius 2 is 2.38 bits per heavy atom. The molecule has 1 fully saturated rings. The van der Waals surface area contributed by atoms with Crippen LogP contribution in [0.15, 0.2) is 0 Å². The van der Waals surface area contributed by atoms with Crippen molar-refractivity contribution in [3.63, 3.8) is 0 Å². The molecule has 5 heteroatoms. The van der Waals surface area contributed by atoms with Crippen molar-refractivity contribution in [1.29, 1.82) is 0 Å². The van der Waals surface area contributed by atoms with Crippen molar-refractivity contribution in [2.45, 2.75) is 25.4 Å². The third-order valence-electron chi connectivity index (χ3n) is 2.66. The number of aliphatic hydroxyl groups is 1. The number of hydrogen-bond acceptors (Lipinski definition) is 4. The molecule has 1 rings (SSSR count). The molecule has 1 heterocycles. The van der Waals surface area contributed by atoms with E-state index in [1.165, 1.54) is 0 Å². The van der Waals surface area contributed by atoms with Gasteiger partial charge in [-0.2, -0.15) is 0 Å². The average molecular weight is 231 g/mol. The summed E-state index contributed by atoms with van der Waals surface area (Å²) >= 11 is 0. The van der Waals surface area contributed by atoms with Crippen molar-refractivity contribution >= 4 is 5.91 Å². The standard InChI is InChI=1S/C11H21NO4/c1-15-8-3-5-12(6-7-13)11(14)10-4-2-9-16-10/h10,13H,2-9H2,1H3. The molecule has 0 aromatic rings. The van der Waals surface area contributed by atoms with Crippen LogP contribution < -0.4 is 0 Å². The van der Waals surface area contributed by atoms with Gasteiger partial charge in [0.15, 0.2) is 0 Å². The Morgan fingerprint density at radius 1 is 1.56 bits per heavy atom. The van der Waals surface area contributed by atoms with Gasteiger partial charge in [-0.25, -0.2) is 0 Å². The van der Waals surface area contributed by atoms with Crippen LogP contribution in [0, 0.1) is 0 Å². The summed E-state index contributed by atoms with van der Waals surface area (Å²) in [5.41, 5.74) is 0. The highest BCUT2D eigenvalue weighted by Crippen LogP contribution is 2.14. The van der Waals surface area contributed by atoms with Crippen molar-refractivity contribution < 1.29 is 19.4 Å². The van der Waals surface area contributed by atoms with Crippen LogP contribution in [-0.2, 0) is 14.3 Å². The largest absolute Gasteiger partial charge is 0.395 e. The van der Waals surface area contributed by atoms with Gasteiger partial charge in [-0.05, 0) is 19.3 Å². The summed E-state index contributed by atoms with van der Waals surface area (Å²) in [6.45, 7) is 2.28. The third kappa shape index (κ3) is 4.08. The van der Waals surface area contributed by atoms with Crippen LogP contribution >= 0.6 is 0 Å². The predicted octanol–water partition coefficient (Wildman–Crippen LogP) is 0.0228. The van der Waals surface area contributed by atoms with Gasteiger partial charge in [-0.15, -0.1) is 0 Å². The van der Waals surface area contributed by atoms with Gasteiger partial charge in [0.25, 0.3) is 5.91 Å². The second kappa shape index (κ2) is 7.60. The van der Waals surface area contributed by atoms with Crippen molar-refractivity contribution in [3.8, 4) is 0 Å². The summed E-state index contributed by atoms with van der Waals surface area (Å²) in [7, 11) is 1.64. The third-order valence-corrected chi connectivity index (χ3v) is 2.66. The van der Waals surface area contributed by atoms with Crippen LogP contribution in [0.5, 0.6) is 0 Å². The van der Waals surface area contributed by atoms with E-state index in [4.69, 9.17) is 14.6 Å². The minimum Gasteiger partial charge on any atom is -0.395 e. The topological polar surface area (TPSA) is 59.0 Å². The molecule has 0 bridgehead atoms. The quantitative estimate of drug-likeness (QED) is 0.628. The first-order valence-corrected chi connectivity index (χ1v) is 5.79. The van der Waals surface area contributed by atoms with Crippen LogP contribution in [0.3, 0.4) is 0 Å². The molecule has 1 saturated heterocycles. The molecule has 0 aromatic carbocycles. The molecule has 0 spiro atoms. The number of hydrogen-bond donors (Lipinski definition) is 1. The Hall–Kier alpha value is -0.650. The van der Waals surface area contributed by atoms with Gasteiger partial charge in [0, 0.05) is 33.4 Å². The first kappa shape index (κ1) is 13.4. The minimum absolute atomic E-state index is 0.00246. The lowest BCUT2D eigenvalue weighted by molar-refractivity contribution is -0.141. The maximum absolute atomic E-state index is 12.0. The van der Waals surface area contributed by atoms with Crippen molar-refractivity contribution in [3.05, 3.63) is 0 Å². The number of carbonyl (C=O) groups is 1. The Bertz CT molecular complexity index is 204. The summed E-state index contributed by atoms with van der Waals surface area (Å²) in [6.07, 6.45) is 2.23. The molecule has 0 saturated carbocycles. The zero-order chi connectivity index (χ0) is 11.8. The maximum Gasteiger partial charge on any atom is 0.251 e. The van der Waals surface area contributed by atoms with Crippen LogP contribution in [-0.4, -0.2) is 62.0 Å². The molecule has 1 unspecified atom stereocenters. The molecular formula is C11H21NO4. The fourth-order valence-corrected chi connectivity index (χ4v) is 1.83. The lowest BCUT2D eigenvalue weighted by atomic mass is 10.2. The predicted molar refractivity (Wildman–Crippen MR) is 59.1 cm³/mol. The average Bonchev–Trinajstić information content (AvgIpc) is 2.81. The summed E-state index contributed by atoms with van der Waals surface area (Å²) in [6, 6.07) is 0. The molecule has 0 radical (unpaired) electrons. The summed E-state index contributed by atoms with van der Waals surface area (Å²) < 4.78 is 10.3. The van der Waals surface area contributed by atoms with E-state index in [1.54, 1.807) is 12.0 Å². The second-order valence-electron chi connectivity index (χ2n) is 3.90. The van der Waals surface area contributed by atoms with Crippen LogP contribution in [0.1, 0.15) is 19.3 Å². The molecule has 1 aliphatic rings.